The Morgan fingerprint density at radius 1 is 1.12 bits per heavy atom. The van der Waals surface area contributed by atoms with Crippen molar-refractivity contribution in [2.75, 3.05) is 0 Å². The minimum atomic E-state index is -0.657. The van der Waals surface area contributed by atoms with Crippen LogP contribution in [0, 0.1) is 12.3 Å². The van der Waals surface area contributed by atoms with Gasteiger partial charge in [0.15, 0.2) is 5.78 Å². The molecule has 25 heavy (non-hydrogen) atoms. The van der Waals surface area contributed by atoms with Crippen LogP contribution in [0.3, 0.4) is 0 Å². The van der Waals surface area contributed by atoms with Crippen LogP contribution in [-0.2, 0) is 9.59 Å². The zero-order valence-electron chi connectivity index (χ0n) is 14.2. The summed E-state index contributed by atoms with van der Waals surface area (Å²) < 4.78 is 0. The van der Waals surface area contributed by atoms with E-state index in [0.717, 1.165) is 41.1 Å². The molecule has 1 spiro atoms. The van der Waals surface area contributed by atoms with Crippen molar-refractivity contribution in [3.63, 3.8) is 0 Å². The normalized spacial score (nSPS) is 22.7. The Kier molecular flexibility index (Phi) is 4.28. The molecule has 0 bridgehead atoms. The first-order valence-corrected chi connectivity index (χ1v) is 10.00. The zero-order chi connectivity index (χ0) is 17.6. The number of halogens is 1. The lowest BCUT2D eigenvalue weighted by Crippen LogP contribution is -2.30. The number of aryl methyl sites for hydroxylation is 1. The summed E-state index contributed by atoms with van der Waals surface area (Å²) in [4.78, 5) is 31.6. The molecule has 1 heterocycles. The quantitative estimate of drug-likeness (QED) is 0.667. The third-order valence-electron chi connectivity index (χ3n) is 5.63. The Balaban J connectivity index is 1.69. The van der Waals surface area contributed by atoms with Crippen molar-refractivity contribution < 1.29 is 9.59 Å². The lowest BCUT2D eigenvalue weighted by atomic mass is 9.71. The topological polar surface area (TPSA) is 47.0 Å². The minimum absolute atomic E-state index is 0.0583. The van der Waals surface area contributed by atoms with Gasteiger partial charge in [-0.15, -0.1) is 11.3 Å². The van der Waals surface area contributed by atoms with Gasteiger partial charge in [-0.3, -0.25) is 9.59 Å². The van der Waals surface area contributed by atoms with Gasteiger partial charge in [-0.05, 0) is 31.9 Å². The number of ketones is 2. The van der Waals surface area contributed by atoms with E-state index >= 15 is 0 Å². The molecule has 4 rings (SSSR count). The molecule has 1 aromatic carbocycles. The highest BCUT2D eigenvalue weighted by molar-refractivity contribution is 7.15. The molecule has 3 nitrogen and oxygen atoms in total. The predicted molar refractivity (Wildman–Crippen MR) is 100 cm³/mol. The fourth-order valence-electron chi connectivity index (χ4n) is 4.30. The number of carbonyl (C=O) groups is 2. The van der Waals surface area contributed by atoms with Gasteiger partial charge in [-0.1, -0.05) is 43.0 Å². The number of benzene rings is 1. The highest BCUT2D eigenvalue weighted by atomic mass is 35.5. The zero-order valence-corrected chi connectivity index (χ0v) is 15.8. The predicted octanol–water partition coefficient (Wildman–Crippen LogP) is 5.35. The van der Waals surface area contributed by atoms with Crippen LogP contribution in [0.25, 0.3) is 10.6 Å². The molecule has 2 saturated carbocycles. The Bertz CT molecular complexity index is 834. The molecule has 2 aromatic rings. The molecule has 2 aliphatic rings. The summed E-state index contributed by atoms with van der Waals surface area (Å²) in [5.74, 6) is -0.480. The summed E-state index contributed by atoms with van der Waals surface area (Å²) in [6.45, 7) is 1.96. The number of thiazole rings is 1. The Morgan fingerprint density at radius 2 is 1.80 bits per heavy atom. The first-order chi connectivity index (χ1) is 12.0. The Labute approximate surface area is 156 Å². The summed E-state index contributed by atoms with van der Waals surface area (Å²) in [6.07, 6.45) is 5.41. The first kappa shape index (κ1) is 16.9. The van der Waals surface area contributed by atoms with Gasteiger partial charge in [0.05, 0.1) is 5.69 Å². The van der Waals surface area contributed by atoms with Gasteiger partial charge in [-0.2, -0.15) is 0 Å². The van der Waals surface area contributed by atoms with E-state index in [4.69, 9.17) is 16.6 Å². The molecule has 0 saturated heterocycles. The number of Topliss-reactive ketones (excluding diaryl/α,β-unsaturated/α-hetero) is 2. The molecule has 0 aliphatic heterocycles. The molecule has 1 unspecified atom stereocenters. The molecule has 130 valence electrons. The maximum atomic E-state index is 13.2. The number of carbonyl (C=O) groups excluding carboxylic acids is 2. The summed E-state index contributed by atoms with van der Waals surface area (Å²) in [6, 6.07) is 7.50. The standard InChI is InChI=1S/C20H20ClNO2S/c1-12-17(22-19(25-12)13-5-7-14(21)8-6-13)16-15(23)11-20(18(16)24)9-3-2-4-10-20/h5-8,16H,2-4,9-11H2,1H3. The number of aromatic nitrogens is 1. The van der Waals surface area contributed by atoms with Crippen LogP contribution in [-0.4, -0.2) is 16.6 Å². The van der Waals surface area contributed by atoms with E-state index in [1.807, 2.05) is 31.2 Å². The SMILES string of the molecule is Cc1sc(-c2ccc(Cl)cc2)nc1C1C(=O)CC2(CCCCC2)C1=O. The molecular formula is C20H20ClNO2S. The minimum Gasteiger partial charge on any atom is -0.298 e. The van der Waals surface area contributed by atoms with E-state index in [1.54, 1.807) is 11.3 Å². The number of nitrogens with zero attached hydrogens (tertiary/aromatic N) is 1. The smallest absolute Gasteiger partial charge is 0.155 e. The number of rotatable bonds is 2. The van der Waals surface area contributed by atoms with Crippen LogP contribution in [0.15, 0.2) is 24.3 Å². The van der Waals surface area contributed by atoms with Gasteiger partial charge < -0.3 is 0 Å². The summed E-state index contributed by atoms with van der Waals surface area (Å²) in [5.41, 5.74) is 1.23. The van der Waals surface area contributed by atoms with Crippen molar-refractivity contribution in [1.82, 2.24) is 4.98 Å². The summed E-state index contributed by atoms with van der Waals surface area (Å²) in [5, 5.41) is 1.52. The lowest BCUT2D eigenvalue weighted by molar-refractivity contribution is -0.129. The Morgan fingerprint density at radius 3 is 2.48 bits per heavy atom. The van der Waals surface area contributed by atoms with Crippen LogP contribution in [0.2, 0.25) is 5.02 Å². The second-order valence-electron chi connectivity index (χ2n) is 7.25. The molecule has 0 radical (unpaired) electrons. The van der Waals surface area contributed by atoms with E-state index in [2.05, 4.69) is 0 Å². The van der Waals surface area contributed by atoms with Gasteiger partial charge in [0, 0.05) is 27.3 Å². The van der Waals surface area contributed by atoms with E-state index in [9.17, 15) is 9.59 Å². The average molecular weight is 374 g/mol. The fourth-order valence-corrected chi connectivity index (χ4v) is 5.38. The van der Waals surface area contributed by atoms with Crippen molar-refractivity contribution in [3.05, 3.63) is 39.9 Å². The molecule has 2 aliphatic carbocycles. The second-order valence-corrected chi connectivity index (χ2v) is 8.89. The fraction of sp³-hybridized carbons (Fsp3) is 0.450. The monoisotopic (exact) mass is 373 g/mol. The molecule has 0 amide bonds. The van der Waals surface area contributed by atoms with Crippen molar-refractivity contribution >= 4 is 34.5 Å². The van der Waals surface area contributed by atoms with Gasteiger partial charge in [0.2, 0.25) is 0 Å². The van der Waals surface area contributed by atoms with Crippen molar-refractivity contribution in [2.45, 2.75) is 51.4 Å². The van der Waals surface area contributed by atoms with Gasteiger partial charge in [-0.25, -0.2) is 4.98 Å². The van der Waals surface area contributed by atoms with E-state index in [0.29, 0.717) is 17.1 Å². The maximum absolute atomic E-state index is 13.2. The summed E-state index contributed by atoms with van der Waals surface area (Å²) >= 11 is 7.49. The highest BCUT2D eigenvalue weighted by Gasteiger charge is 2.54. The third-order valence-corrected chi connectivity index (χ3v) is 6.91. The average Bonchev–Trinajstić information content (AvgIpc) is 3.07. The van der Waals surface area contributed by atoms with Crippen molar-refractivity contribution in [3.8, 4) is 10.6 Å². The largest absolute Gasteiger partial charge is 0.298 e. The van der Waals surface area contributed by atoms with E-state index in [-0.39, 0.29) is 11.6 Å². The lowest BCUT2D eigenvalue weighted by Gasteiger charge is -2.31. The van der Waals surface area contributed by atoms with E-state index in [1.165, 1.54) is 6.42 Å². The van der Waals surface area contributed by atoms with Gasteiger partial charge in [0.1, 0.15) is 16.7 Å². The molecule has 0 N–H and O–H groups in total. The molecule has 2 fully saturated rings. The number of hydrogen-bond acceptors (Lipinski definition) is 4. The highest BCUT2D eigenvalue weighted by Crippen LogP contribution is 2.50. The van der Waals surface area contributed by atoms with Gasteiger partial charge >= 0.3 is 0 Å². The van der Waals surface area contributed by atoms with Crippen LogP contribution < -0.4 is 0 Å². The number of hydrogen-bond donors (Lipinski definition) is 0. The molecule has 1 atom stereocenters. The van der Waals surface area contributed by atoms with Crippen LogP contribution >= 0.6 is 22.9 Å². The van der Waals surface area contributed by atoms with Crippen molar-refractivity contribution in [2.24, 2.45) is 5.41 Å². The molecular weight excluding hydrogens is 354 g/mol. The Hall–Kier alpha value is -1.52. The molecule has 5 heteroatoms. The van der Waals surface area contributed by atoms with Crippen LogP contribution in [0.5, 0.6) is 0 Å². The first-order valence-electron chi connectivity index (χ1n) is 8.80. The maximum Gasteiger partial charge on any atom is 0.155 e. The van der Waals surface area contributed by atoms with E-state index < -0.39 is 11.3 Å². The summed E-state index contributed by atoms with van der Waals surface area (Å²) in [7, 11) is 0. The van der Waals surface area contributed by atoms with Gasteiger partial charge in [0.25, 0.3) is 0 Å². The van der Waals surface area contributed by atoms with Crippen LogP contribution in [0.1, 0.15) is 55.0 Å². The second kappa shape index (κ2) is 6.33. The van der Waals surface area contributed by atoms with Crippen LogP contribution in [0.4, 0.5) is 0 Å². The van der Waals surface area contributed by atoms with Crippen molar-refractivity contribution in [1.29, 1.82) is 0 Å². The molecule has 1 aromatic heterocycles. The third kappa shape index (κ3) is 2.85.